The summed E-state index contributed by atoms with van der Waals surface area (Å²) in [4.78, 5) is 9.41. The molecule has 1 heterocycles. The highest BCUT2D eigenvalue weighted by molar-refractivity contribution is 5.61. The molecule has 1 aliphatic rings. The van der Waals surface area contributed by atoms with Crippen LogP contribution in [0.5, 0.6) is 0 Å². The number of hydrogen-bond acceptors (Lipinski definition) is 3. The summed E-state index contributed by atoms with van der Waals surface area (Å²) in [5.74, 6) is 1.35. The van der Waals surface area contributed by atoms with Gasteiger partial charge in [-0.05, 0) is 56.1 Å². The Morgan fingerprint density at radius 3 is 2.17 bits per heavy atom. The van der Waals surface area contributed by atoms with E-state index in [-0.39, 0.29) is 5.41 Å². The Labute approximate surface area is 183 Å². The van der Waals surface area contributed by atoms with Crippen molar-refractivity contribution in [2.24, 2.45) is 5.41 Å². The summed E-state index contributed by atoms with van der Waals surface area (Å²) in [5, 5.41) is 9.61. The van der Waals surface area contributed by atoms with Crippen molar-refractivity contribution in [3.63, 3.8) is 0 Å². The second-order valence-electron chi connectivity index (χ2n) is 9.11. The van der Waals surface area contributed by atoms with Gasteiger partial charge >= 0.3 is 0 Å². The molecule has 0 amide bonds. The van der Waals surface area contributed by atoms with Crippen LogP contribution in [0, 0.1) is 16.7 Å². The Kier molecular flexibility index (Phi) is 8.43. The van der Waals surface area contributed by atoms with E-state index in [1.54, 1.807) is 0 Å². The second-order valence-corrected chi connectivity index (χ2v) is 9.11. The Hall–Kier alpha value is -2.21. The molecule has 0 atom stereocenters. The van der Waals surface area contributed by atoms with E-state index in [9.17, 15) is 5.26 Å². The number of aromatic nitrogens is 2. The third-order valence-corrected chi connectivity index (χ3v) is 6.80. The topological polar surface area (TPSA) is 49.6 Å². The molecule has 0 unspecified atom stereocenters. The zero-order valence-electron chi connectivity index (χ0n) is 18.9. The minimum absolute atomic E-state index is 0.108. The van der Waals surface area contributed by atoms with Crippen LogP contribution in [0.1, 0.15) is 102 Å². The van der Waals surface area contributed by atoms with Gasteiger partial charge in [-0.1, -0.05) is 70.2 Å². The average molecular weight is 404 g/mol. The Bertz CT molecular complexity index is 793. The van der Waals surface area contributed by atoms with Gasteiger partial charge in [-0.15, -0.1) is 0 Å². The van der Waals surface area contributed by atoms with Crippen LogP contribution in [0.15, 0.2) is 36.7 Å². The first-order valence-corrected chi connectivity index (χ1v) is 12.0. The van der Waals surface area contributed by atoms with Crippen molar-refractivity contribution < 1.29 is 0 Å². The number of hydrogen-bond donors (Lipinski definition) is 0. The fraction of sp³-hybridized carbons (Fsp3) is 0.593. The Balaban J connectivity index is 1.54. The van der Waals surface area contributed by atoms with E-state index in [4.69, 9.17) is 9.97 Å². The van der Waals surface area contributed by atoms with Crippen molar-refractivity contribution in [2.75, 3.05) is 0 Å². The van der Waals surface area contributed by atoms with Gasteiger partial charge in [0.25, 0.3) is 0 Å². The van der Waals surface area contributed by atoms with Crippen molar-refractivity contribution in [1.82, 2.24) is 9.97 Å². The van der Waals surface area contributed by atoms with Crippen LogP contribution in [0.3, 0.4) is 0 Å². The van der Waals surface area contributed by atoms with Gasteiger partial charge < -0.3 is 0 Å². The SMILES string of the molecule is CCCCCCCc1ccc(-c2cnc(C3CCC(C#N)(CCC)CC3)nc2)cc1. The molecule has 3 heteroatoms. The zero-order chi connectivity index (χ0) is 21.2. The van der Waals surface area contributed by atoms with E-state index < -0.39 is 0 Å². The van der Waals surface area contributed by atoms with Gasteiger partial charge in [0.2, 0.25) is 0 Å². The van der Waals surface area contributed by atoms with Gasteiger partial charge in [0.1, 0.15) is 5.82 Å². The molecule has 0 radical (unpaired) electrons. The highest BCUT2D eigenvalue weighted by Gasteiger charge is 2.35. The van der Waals surface area contributed by atoms with Gasteiger partial charge in [-0.25, -0.2) is 9.97 Å². The molecule has 2 aromatic rings. The maximum Gasteiger partial charge on any atom is 0.131 e. The summed E-state index contributed by atoms with van der Waals surface area (Å²) in [6, 6.07) is 11.5. The van der Waals surface area contributed by atoms with Gasteiger partial charge in [0.05, 0.1) is 11.5 Å². The maximum absolute atomic E-state index is 9.61. The molecule has 1 fully saturated rings. The predicted molar refractivity (Wildman–Crippen MR) is 124 cm³/mol. The molecule has 0 aliphatic heterocycles. The molecule has 0 spiro atoms. The number of nitrogens with zero attached hydrogens (tertiary/aromatic N) is 3. The quantitative estimate of drug-likeness (QED) is 0.383. The van der Waals surface area contributed by atoms with E-state index >= 15 is 0 Å². The molecule has 0 bridgehead atoms. The number of rotatable bonds is 10. The number of benzene rings is 1. The highest BCUT2D eigenvalue weighted by atomic mass is 14.9. The van der Waals surface area contributed by atoms with Crippen LogP contribution in [-0.4, -0.2) is 9.97 Å². The van der Waals surface area contributed by atoms with E-state index in [1.165, 1.54) is 49.7 Å². The van der Waals surface area contributed by atoms with Crippen LogP contribution in [0.2, 0.25) is 0 Å². The standard InChI is InChI=1S/C27H37N3/c1-3-5-6-7-8-9-22-10-12-23(13-11-22)25-19-29-26(30-20-25)24-14-17-27(21-28,16-4-2)18-15-24/h10-13,19-20,24H,3-9,14-18H2,1-2H3. The van der Waals surface area contributed by atoms with Crippen LogP contribution < -0.4 is 0 Å². The highest BCUT2D eigenvalue weighted by Crippen LogP contribution is 2.44. The third kappa shape index (κ3) is 5.91. The minimum Gasteiger partial charge on any atom is -0.240 e. The first kappa shape index (κ1) is 22.5. The summed E-state index contributed by atoms with van der Waals surface area (Å²) in [7, 11) is 0. The fourth-order valence-electron chi connectivity index (χ4n) is 4.82. The van der Waals surface area contributed by atoms with Crippen molar-refractivity contribution in [3.8, 4) is 17.2 Å². The Morgan fingerprint density at radius 2 is 1.57 bits per heavy atom. The normalized spacial score (nSPS) is 21.3. The molecule has 3 nitrogen and oxygen atoms in total. The lowest BCUT2D eigenvalue weighted by molar-refractivity contribution is 0.224. The van der Waals surface area contributed by atoms with Crippen LogP contribution in [0.4, 0.5) is 0 Å². The molecular weight excluding hydrogens is 366 g/mol. The summed E-state index contributed by atoms with van der Waals surface area (Å²) >= 11 is 0. The lowest BCUT2D eigenvalue weighted by Crippen LogP contribution is -2.25. The van der Waals surface area contributed by atoms with Gasteiger partial charge in [-0.2, -0.15) is 5.26 Å². The zero-order valence-corrected chi connectivity index (χ0v) is 18.9. The first-order chi connectivity index (χ1) is 14.7. The van der Waals surface area contributed by atoms with Gasteiger partial charge in [-0.3, -0.25) is 0 Å². The van der Waals surface area contributed by atoms with Crippen LogP contribution in [0.25, 0.3) is 11.1 Å². The number of aryl methyl sites for hydroxylation is 1. The number of unbranched alkanes of at least 4 members (excludes halogenated alkanes) is 4. The lowest BCUT2D eigenvalue weighted by Gasteiger charge is -2.34. The first-order valence-electron chi connectivity index (χ1n) is 12.0. The molecule has 30 heavy (non-hydrogen) atoms. The maximum atomic E-state index is 9.61. The van der Waals surface area contributed by atoms with E-state index in [0.717, 1.165) is 49.9 Å². The molecule has 1 aromatic heterocycles. The lowest BCUT2D eigenvalue weighted by atomic mass is 9.69. The van der Waals surface area contributed by atoms with Gasteiger partial charge in [0.15, 0.2) is 0 Å². The summed E-state index contributed by atoms with van der Waals surface area (Å²) < 4.78 is 0. The molecule has 0 N–H and O–H groups in total. The van der Waals surface area contributed by atoms with Crippen molar-refractivity contribution in [3.05, 3.63) is 48.0 Å². The molecule has 1 aliphatic carbocycles. The van der Waals surface area contributed by atoms with Crippen LogP contribution >= 0.6 is 0 Å². The average Bonchev–Trinajstić information content (AvgIpc) is 2.80. The molecular formula is C27H37N3. The fourth-order valence-corrected chi connectivity index (χ4v) is 4.82. The monoisotopic (exact) mass is 403 g/mol. The number of nitriles is 1. The minimum atomic E-state index is -0.108. The summed E-state index contributed by atoms with van der Waals surface area (Å²) in [6.07, 6.45) is 17.9. The van der Waals surface area contributed by atoms with Crippen molar-refractivity contribution in [2.45, 2.75) is 96.8 Å². The molecule has 0 saturated heterocycles. The second kappa shape index (κ2) is 11.3. The molecule has 160 valence electrons. The molecule has 1 aromatic carbocycles. The van der Waals surface area contributed by atoms with Crippen LogP contribution in [-0.2, 0) is 6.42 Å². The van der Waals surface area contributed by atoms with E-state index in [0.29, 0.717) is 5.92 Å². The summed E-state index contributed by atoms with van der Waals surface area (Å²) in [6.45, 7) is 4.43. The smallest absolute Gasteiger partial charge is 0.131 e. The predicted octanol–water partition coefficient (Wildman–Crippen LogP) is 7.62. The Morgan fingerprint density at radius 1 is 0.900 bits per heavy atom. The van der Waals surface area contributed by atoms with Crippen molar-refractivity contribution in [1.29, 1.82) is 5.26 Å². The molecule has 1 saturated carbocycles. The summed E-state index contributed by atoms with van der Waals surface area (Å²) in [5.41, 5.74) is 3.58. The molecule has 3 rings (SSSR count). The largest absolute Gasteiger partial charge is 0.240 e. The van der Waals surface area contributed by atoms with Crippen molar-refractivity contribution >= 4 is 0 Å². The third-order valence-electron chi connectivity index (χ3n) is 6.80. The van der Waals surface area contributed by atoms with Gasteiger partial charge in [0, 0.05) is 23.9 Å². The van der Waals surface area contributed by atoms with E-state index in [1.807, 2.05) is 12.4 Å². The van der Waals surface area contributed by atoms with E-state index in [2.05, 4.69) is 44.2 Å².